The highest BCUT2D eigenvalue weighted by molar-refractivity contribution is 5.82. The molecule has 1 saturated heterocycles. The lowest BCUT2D eigenvalue weighted by molar-refractivity contribution is -0.122. The van der Waals surface area contributed by atoms with Crippen molar-refractivity contribution in [3.63, 3.8) is 0 Å². The molecule has 0 spiro atoms. The number of ether oxygens (including phenoxy) is 3. The van der Waals surface area contributed by atoms with Gasteiger partial charge in [-0.1, -0.05) is 0 Å². The van der Waals surface area contributed by atoms with Crippen molar-refractivity contribution < 1.29 is 19.0 Å². The van der Waals surface area contributed by atoms with Crippen LogP contribution < -0.4 is 24.8 Å². The second-order valence-corrected chi connectivity index (χ2v) is 5.13. The minimum Gasteiger partial charge on any atom is -0.493 e. The van der Waals surface area contributed by atoms with Crippen molar-refractivity contribution in [2.45, 2.75) is 32.4 Å². The first-order chi connectivity index (χ1) is 10.7. The first-order valence-corrected chi connectivity index (χ1v) is 7.58. The highest BCUT2D eigenvalue weighted by atomic mass is 16.5. The number of methoxy groups -OCH3 is 2. The number of carbonyl (C=O) groups is 1. The molecule has 1 heterocycles. The molecule has 1 aliphatic heterocycles. The Bertz CT molecular complexity index is 488. The first-order valence-electron chi connectivity index (χ1n) is 7.58. The van der Waals surface area contributed by atoms with Crippen LogP contribution in [0.5, 0.6) is 17.2 Å². The van der Waals surface area contributed by atoms with E-state index in [2.05, 4.69) is 10.6 Å². The highest BCUT2D eigenvalue weighted by Crippen LogP contribution is 2.38. The van der Waals surface area contributed by atoms with Gasteiger partial charge in [-0.3, -0.25) is 4.79 Å². The zero-order valence-corrected chi connectivity index (χ0v) is 13.4. The van der Waals surface area contributed by atoms with E-state index in [1.165, 1.54) is 0 Å². The van der Waals surface area contributed by atoms with Gasteiger partial charge in [0.05, 0.1) is 26.9 Å². The summed E-state index contributed by atoms with van der Waals surface area (Å²) in [5.41, 5.74) is 0.906. The zero-order chi connectivity index (χ0) is 15.9. The van der Waals surface area contributed by atoms with E-state index in [1.807, 2.05) is 19.1 Å². The molecular weight excluding hydrogens is 284 g/mol. The largest absolute Gasteiger partial charge is 0.493 e. The molecule has 6 nitrogen and oxygen atoms in total. The maximum atomic E-state index is 12.0. The van der Waals surface area contributed by atoms with Crippen molar-refractivity contribution >= 4 is 5.91 Å². The van der Waals surface area contributed by atoms with Crippen molar-refractivity contribution in [3.8, 4) is 17.2 Å². The molecular formula is C16H24N2O4. The average molecular weight is 308 g/mol. The van der Waals surface area contributed by atoms with Crippen LogP contribution in [-0.4, -0.2) is 39.3 Å². The van der Waals surface area contributed by atoms with Crippen LogP contribution >= 0.6 is 0 Å². The normalized spacial score (nSPS) is 17.1. The number of nitrogens with one attached hydrogen (secondary N) is 2. The van der Waals surface area contributed by atoms with Crippen LogP contribution in [0.2, 0.25) is 0 Å². The van der Waals surface area contributed by atoms with E-state index in [4.69, 9.17) is 14.2 Å². The molecule has 2 rings (SSSR count). The monoisotopic (exact) mass is 308 g/mol. The average Bonchev–Trinajstić information content (AvgIpc) is 3.07. The van der Waals surface area contributed by atoms with Crippen molar-refractivity contribution in [2.24, 2.45) is 0 Å². The fourth-order valence-electron chi connectivity index (χ4n) is 2.54. The Morgan fingerprint density at radius 3 is 2.50 bits per heavy atom. The van der Waals surface area contributed by atoms with Gasteiger partial charge in [-0.25, -0.2) is 0 Å². The van der Waals surface area contributed by atoms with Crippen LogP contribution in [0, 0.1) is 0 Å². The van der Waals surface area contributed by atoms with Crippen LogP contribution in [0.15, 0.2) is 12.1 Å². The van der Waals surface area contributed by atoms with E-state index in [-0.39, 0.29) is 11.9 Å². The predicted molar refractivity (Wildman–Crippen MR) is 83.6 cm³/mol. The van der Waals surface area contributed by atoms with Gasteiger partial charge in [-0.15, -0.1) is 0 Å². The van der Waals surface area contributed by atoms with E-state index >= 15 is 0 Å². The van der Waals surface area contributed by atoms with Crippen molar-refractivity contribution in [2.75, 3.05) is 27.4 Å². The van der Waals surface area contributed by atoms with Gasteiger partial charge in [-0.2, -0.15) is 0 Å². The van der Waals surface area contributed by atoms with Crippen LogP contribution in [0.1, 0.15) is 25.3 Å². The van der Waals surface area contributed by atoms with E-state index in [0.717, 1.165) is 24.9 Å². The molecule has 0 saturated carbocycles. The number of rotatable bonds is 7. The van der Waals surface area contributed by atoms with Gasteiger partial charge in [0, 0.05) is 6.54 Å². The van der Waals surface area contributed by atoms with E-state index in [0.29, 0.717) is 30.4 Å². The number of benzene rings is 1. The van der Waals surface area contributed by atoms with Gasteiger partial charge >= 0.3 is 0 Å². The number of hydrogen-bond acceptors (Lipinski definition) is 5. The summed E-state index contributed by atoms with van der Waals surface area (Å²) in [6, 6.07) is 3.64. The van der Waals surface area contributed by atoms with Crippen molar-refractivity contribution in [3.05, 3.63) is 17.7 Å². The Balaban J connectivity index is 2.08. The third-order valence-corrected chi connectivity index (χ3v) is 3.65. The number of amides is 1. The summed E-state index contributed by atoms with van der Waals surface area (Å²) in [7, 11) is 3.17. The standard InChI is InChI=1S/C16H24N2O4/c1-4-22-15-13(20-2)8-11(9-14(15)21-3)10-18-16(19)12-6-5-7-17-12/h8-9,12,17H,4-7,10H2,1-3H3,(H,18,19). The Morgan fingerprint density at radius 1 is 1.32 bits per heavy atom. The lowest BCUT2D eigenvalue weighted by Gasteiger charge is -2.16. The summed E-state index contributed by atoms with van der Waals surface area (Å²) in [4.78, 5) is 12.0. The van der Waals surface area contributed by atoms with Crippen LogP contribution in [0.3, 0.4) is 0 Å². The van der Waals surface area contributed by atoms with Gasteiger partial charge < -0.3 is 24.8 Å². The summed E-state index contributed by atoms with van der Waals surface area (Å²) in [6.07, 6.45) is 1.94. The molecule has 0 radical (unpaired) electrons. The molecule has 1 aromatic carbocycles. The molecule has 0 aliphatic carbocycles. The molecule has 1 unspecified atom stereocenters. The Labute approximate surface area is 131 Å². The van der Waals surface area contributed by atoms with Crippen LogP contribution in [0.25, 0.3) is 0 Å². The summed E-state index contributed by atoms with van der Waals surface area (Å²) >= 11 is 0. The van der Waals surface area contributed by atoms with Gasteiger partial charge in [-0.05, 0) is 44.0 Å². The Morgan fingerprint density at radius 2 is 2.00 bits per heavy atom. The molecule has 0 aromatic heterocycles. The molecule has 122 valence electrons. The van der Waals surface area contributed by atoms with E-state index in [9.17, 15) is 4.79 Å². The predicted octanol–water partition coefficient (Wildman–Crippen LogP) is 1.47. The third-order valence-electron chi connectivity index (χ3n) is 3.65. The van der Waals surface area contributed by atoms with E-state index < -0.39 is 0 Å². The highest BCUT2D eigenvalue weighted by Gasteiger charge is 2.22. The number of carbonyl (C=O) groups excluding carboxylic acids is 1. The quantitative estimate of drug-likeness (QED) is 0.798. The molecule has 1 amide bonds. The fourth-order valence-corrected chi connectivity index (χ4v) is 2.54. The minimum absolute atomic E-state index is 0.0318. The van der Waals surface area contributed by atoms with Gasteiger partial charge in [0.15, 0.2) is 11.5 Å². The van der Waals surface area contributed by atoms with Crippen LogP contribution in [0.4, 0.5) is 0 Å². The molecule has 2 N–H and O–H groups in total. The molecule has 1 fully saturated rings. The zero-order valence-electron chi connectivity index (χ0n) is 13.4. The molecule has 1 aromatic rings. The molecule has 1 aliphatic rings. The van der Waals surface area contributed by atoms with Crippen LogP contribution in [-0.2, 0) is 11.3 Å². The van der Waals surface area contributed by atoms with Crippen molar-refractivity contribution in [1.29, 1.82) is 0 Å². The van der Waals surface area contributed by atoms with Crippen molar-refractivity contribution in [1.82, 2.24) is 10.6 Å². The number of hydrogen-bond donors (Lipinski definition) is 2. The van der Waals surface area contributed by atoms with Gasteiger partial charge in [0.2, 0.25) is 11.7 Å². The maximum absolute atomic E-state index is 12.0. The Hall–Kier alpha value is -1.95. The second-order valence-electron chi connectivity index (χ2n) is 5.13. The third kappa shape index (κ3) is 3.82. The topological polar surface area (TPSA) is 68.8 Å². The smallest absolute Gasteiger partial charge is 0.237 e. The van der Waals surface area contributed by atoms with Gasteiger partial charge in [0.1, 0.15) is 0 Å². The lowest BCUT2D eigenvalue weighted by Crippen LogP contribution is -2.40. The lowest BCUT2D eigenvalue weighted by atomic mass is 10.1. The summed E-state index contributed by atoms with van der Waals surface area (Å²) in [5.74, 6) is 1.82. The summed E-state index contributed by atoms with van der Waals surface area (Å²) < 4.78 is 16.3. The second kappa shape index (κ2) is 7.89. The Kier molecular flexibility index (Phi) is 5.89. The molecule has 0 bridgehead atoms. The fraction of sp³-hybridized carbons (Fsp3) is 0.562. The summed E-state index contributed by atoms with van der Waals surface area (Å²) in [6.45, 7) is 3.76. The SMILES string of the molecule is CCOc1c(OC)cc(CNC(=O)C2CCCN2)cc1OC. The summed E-state index contributed by atoms with van der Waals surface area (Å²) in [5, 5.41) is 6.12. The van der Waals surface area contributed by atoms with Gasteiger partial charge in [0.25, 0.3) is 0 Å². The maximum Gasteiger partial charge on any atom is 0.237 e. The molecule has 1 atom stereocenters. The molecule has 22 heavy (non-hydrogen) atoms. The minimum atomic E-state index is -0.0773. The first kappa shape index (κ1) is 16.4. The molecule has 6 heteroatoms. The van der Waals surface area contributed by atoms with E-state index in [1.54, 1.807) is 14.2 Å².